The number of nitrogens with one attached hydrogen (secondary N) is 4. The van der Waals surface area contributed by atoms with Gasteiger partial charge >= 0.3 is 18.2 Å². The van der Waals surface area contributed by atoms with E-state index in [9.17, 15) is 42.0 Å². The molecule has 6 heterocycles. The molecule has 2 saturated carbocycles. The highest BCUT2D eigenvalue weighted by atomic mass is 32.2. The van der Waals surface area contributed by atoms with E-state index in [-0.39, 0.29) is 51.5 Å². The molecule has 6 aliphatic rings. The van der Waals surface area contributed by atoms with Crippen LogP contribution in [0.4, 0.5) is 9.59 Å². The number of amides is 6. The van der Waals surface area contributed by atoms with Crippen molar-refractivity contribution in [3.8, 4) is 22.9 Å². The number of benzene rings is 2. The predicted octanol–water partition coefficient (Wildman–Crippen LogP) is 4.37. The lowest BCUT2D eigenvalue weighted by Gasteiger charge is -2.35. The van der Waals surface area contributed by atoms with Crippen LogP contribution in [0, 0.1) is 16.7 Å². The summed E-state index contributed by atoms with van der Waals surface area (Å²) in [5, 5.41) is 33.9. The molecule has 2 aromatic heterocycles. The van der Waals surface area contributed by atoms with Crippen LogP contribution in [0.5, 0.6) is 11.5 Å². The van der Waals surface area contributed by atoms with E-state index in [0.29, 0.717) is 67.3 Å². The molecular weight excluding hydrogens is 1170 g/mol. The minimum atomic E-state index is -3.89. The maximum atomic E-state index is 14.4. The zero-order valence-electron chi connectivity index (χ0n) is 51.7. The summed E-state index contributed by atoms with van der Waals surface area (Å²) in [4.78, 5) is 99.8. The lowest BCUT2D eigenvalue weighted by atomic mass is 9.85. The Kier molecular flexibility index (Phi) is 19.5. The van der Waals surface area contributed by atoms with E-state index in [0.717, 1.165) is 29.7 Å². The summed E-state index contributed by atoms with van der Waals surface area (Å²) in [5.41, 5.74) is 0.139. The first-order valence-electron chi connectivity index (χ1n) is 30.0. The zero-order valence-corrected chi connectivity index (χ0v) is 52.5. The van der Waals surface area contributed by atoms with Gasteiger partial charge in [0.05, 0.1) is 51.2 Å². The van der Waals surface area contributed by atoms with E-state index in [4.69, 9.17) is 23.7 Å². The van der Waals surface area contributed by atoms with Gasteiger partial charge in [-0.25, -0.2) is 22.8 Å². The molecule has 0 unspecified atom stereocenters. The quantitative estimate of drug-likeness (QED) is 0.103. The first kappa shape index (κ1) is 65.0. The largest absolute Gasteiger partial charge is 0.496 e. The van der Waals surface area contributed by atoms with Gasteiger partial charge in [0.1, 0.15) is 41.2 Å². The molecule has 480 valence electrons. The van der Waals surface area contributed by atoms with E-state index in [1.54, 1.807) is 35.0 Å². The van der Waals surface area contributed by atoms with Crippen molar-refractivity contribution in [3.63, 3.8) is 0 Å². The Balaban J connectivity index is 0.000000221. The second kappa shape index (κ2) is 26.7. The van der Waals surface area contributed by atoms with Crippen LogP contribution in [0.25, 0.3) is 17.5 Å². The Morgan fingerprint density at radius 3 is 1.83 bits per heavy atom. The molecule has 4 N–H and O–H groups in total. The topological polar surface area (TPSA) is 342 Å². The van der Waals surface area contributed by atoms with Crippen LogP contribution in [0.2, 0.25) is 0 Å². The van der Waals surface area contributed by atoms with Crippen molar-refractivity contribution in [2.24, 2.45) is 16.7 Å². The molecular formula is C60H80N14O14S. The average Bonchev–Trinajstić information content (AvgIpc) is 1.60. The third-order valence-electron chi connectivity index (χ3n) is 16.8. The number of rotatable bonds is 9. The Morgan fingerprint density at radius 2 is 1.29 bits per heavy atom. The molecule has 2 aromatic carbocycles. The minimum Gasteiger partial charge on any atom is -0.496 e. The highest BCUT2D eigenvalue weighted by Gasteiger charge is 2.62. The number of allylic oxidation sites excluding steroid dienone is 1. The number of tetrazole rings is 2. The average molecular weight is 1250 g/mol. The maximum absolute atomic E-state index is 14.4. The van der Waals surface area contributed by atoms with E-state index in [1.807, 2.05) is 69.3 Å². The summed E-state index contributed by atoms with van der Waals surface area (Å²) in [6.45, 7) is 15.2. The number of hydrogen-bond acceptors (Lipinski definition) is 20. The molecule has 4 aromatic rings. The molecule has 4 fully saturated rings. The van der Waals surface area contributed by atoms with Crippen molar-refractivity contribution in [2.75, 3.05) is 47.6 Å². The minimum absolute atomic E-state index is 0.0138. The summed E-state index contributed by atoms with van der Waals surface area (Å²) in [6.07, 6.45) is 9.53. The number of aromatic nitrogens is 8. The fourth-order valence-electron chi connectivity index (χ4n) is 11.5. The molecule has 0 spiro atoms. The number of aryl methyl sites for hydroxylation is 1. The highest BCUT2D eigenvalue weighted by molar-refractivity contribution is 7.91. The van der Waals surface area contributed by atoms with Gasteiger partial charge in [0.15, 0.2) is 11.6 Å². The first-order valence-corrected chi connectivity index (χ1v) is 31.5. The van der Waals surface area contributed by atoms with Crippen LogP contribution < -0.4 is 30.1 Å². The van der Waals surface area contributed by atoms with Crippen molar-refractivity contribution in [1.29, 1.82) is 0 Å². The molecule has 89 heavy (non-hydrogen) atoms. The number of sulfonamides is 1. The molecule has 0 radical (unpaired) electrons. The van der Waals surface area contributed by atoms with Crippen LogP contribution >= 0.6 is 0 Å². The fraction of sp³-hybridized carbons (Fsp3) is 0.583. The van der Waals surface area contributed by atoms with Gasteiger partial charge in [-0.2, -0.15) is 0 Å². The monoisotopic (exact) mass is 1250 g/mol. The van der Waals surface area contributed by atoms with Crippen LogP contribution in [-0.2, 0) is 54.6 Å². The standard InChI is InChI=1S/C34H46N8O8S.C26H34N6O6/c1-6-22-18-34(22,31(45)39-51(47,48)24-12-13-24)36-29(43)25-17-21-19-41(25)30(44)27(33(2,3)4)35-32(46)50-15-9-7-8-10-20-16-23(11-14-26(20)49-5)42-38-28(21)37-40-42;1-26(2,3)21-23(33)31-15-17(14-19(31)24(34)37-5)22-28-30-32(29-22)18-10-11-20(36-4)16(13-18)9-7-6-8-12-38-25(35)27-21/h6,11,14,16,21-22,24-25,27H,1,7-10,12-13,15,17-19H2,2-5H3,(H,35,46)(H,36,43)(H,39,45);7,9-11,13,17,19,21H,6,8,12,14-15H2,1-5H3,(H,27,35)/b;9-7+/t21-,22-,25+,27-,34-;17-,19+,21-/m11/s1. The lowest BCUT2D eigenvalue weighted by molar-refractivity contribution is -0.152. The van der Waals surface area contributed by atoms with Crippen molar-refractivity contribution in [3.05, 3.63) is 77.9 Å². The van der Waals surface area contributed by atoms with Gasteiger partial charge < -0.3 is 49.4 Å². The molecule has 10 rings (SSSR count). The lowest BCUT2D eigenvalue weighted by Crippen LogP contribution is -2.60. The van der Waals surface area contributed by atoms with Crippen LogP contribution in [0.15, 0.2) is 55.1 Å². The number of alkyl carbamates (subject to hydrolysis) is 2. The number of nitrogens with zero attached hydrogens (tertiary/aromatic N) is 10. The molecule has 2 aliphatic carbocycles. The summed E-state index contributed by atoms with van der Waals surface area (Å²) >= 11 is 0. The number of esters is 1. The Labute approximate surface area is 516 Å². The Morgan fingerprint density at radius 1 is 0.742 bits per heavy atom. The molecule has 8 atom stereocenters. The summed E-state index contributed by atoms with van der Waals surface area (Å²) in [6, 6.07) is 7.13. The van der Waals surface area contributed by atoms with Crippen molar-refractivity contribution in [2.45, 2.75) is 159 Å². The maximum Gasteiger partial charge on any atom is 0.407 e. The smallest absolute Gasteiger partial charge is 0.407 e. The van der Waals surface area contributed by atoms with E-state index >= 15 is 0 Å². The summed E-state index contributed by atoms with van der Waals surface area (Å²) in [5.74, 6) is -2.27. The molecule has 2 saturated heterocycles. The van der Waals surface area contributed by atoms with Gasteiger partial charge in [-0.05, 0) is 134 Å². The van der Waals surface area contributed by atoms with Crippen molar-refractivity contribution >= 4 is 57.9 Å². The summed E-state index contributed by atoms with van der Waals surface area (Å²) < 4.78 is 54.4. The number of carbonyl (C=O) groups is 7. The number of cyclic esters (lactones) is 2. The third-order valence-corrected chi connectivity index (χ3v) is 18.7. The third kappa shape index (κ3) is 14.8. The predicted molar refractivity (Wildman–Crippen MR) is 320 cm³/mol. The molecule has 12 bridgehead atoms. The van der Waals surface area contributed by atoms with Crippen LogP contribution in [0.1, 0.15) is 140 Å². The Bertz CT molecular complexity index is 3480. The molecule has 4 aliphatic heterocycles. The van der Waals surface area contributed by atoms with Gasteiger partial charge in [-0.15, -0.1) is 36.6 Å². The fourth-order valence-corrected chi connectivity index (χ4v) is 12.9. The summed E-state index contributed by atoms with van der Waals surface area (Å²) in [7, 11) is 0.594. The van der Waals surface area contributed by atoms with Gasteiger partial charge in [0.2, 0.25) is 27.7 Å². The number of fused-ring (bicyclic) bond motifs is 16. The zero-order chi connectivity index (χ0) is 64.2. The van der Waals surface area contributed by atoms with E-state index in [1.165, 1.54) is 32.6 Å². The number of carbonyl (C=O) groups excluding carboxylic acids is 7. The van der Waals surface area contributed by atoms with Crippen LogP contribution in [0.3, 0.4) is 0 Å². The van der Waals surface area contributed by atoms with Gasteiger partial charge in [0.25, 0.3) is 5.91 Å². The molecule has 6 amide bonds. The highest BCUT2D eigenvalue weighted by Crippen LogP contribution is 2.46. The number of ether oxygens (including phenoxy) is 5. The second-order valence-electron chi connectivity index (χ2n) is 25.4. The molecule has 28 nitrogen and oxygen atoms in total. The van der Waals surface area contributed by atoms with Crippen LogP contribution in [-0.4, -0.2) is 183 Å². The van der Waals surface area contributed by atoms with Gasteiger partial charge in [-0.1, -0.05) is 59.8 Å². The molecule has 29 heteroatoms. The van der Waals surface area contributed by atoms with Crippen molar-refractivity contribution < 1.29 is 65.7 Å². The SMILES string of the molecule is C=C[C@@H]1C[C@]1(NC(=O)[C@@H]1C[C@@H]2CN1C(=O)[C@H](C(C)(C)C)NC(=O)OCCCCCc1cc(ccc1OC)-n1nnc2n1)C(=O)NS(=O)(=O)C1CC1.COC(=O)[C@@H]1C[C@@H]2CN1C(=O)[C@H](C(C)(C)C)NC(=O)OCCC/C=C/c1cc(ccc1OC)-n1nnc2n1. The first-order chi connectivity index (χ1) is 42.3. The normalized spacial score (nSPS) is 25.6. The second-order valence-corrected chi connectivity index (χ2v) is 27.4. The number of methoxy groups -OCH3 is 3. The van der Waals surface area contributed by atoms with Gasteiger partial charge in [0, 0.05) is 36.4 Å². The van der Waals surface area contributed by atoms with Gasteiger partial charge in [-0.3, -0.25) is 23.9 Å². The Hall–Kier alpha value is -8.50. The van der Waals surface area contributed by atoms with E-state index < -0.39 is 109 Å². The van der Waals surface area contributed by atoms with E-state index in [2.05, 4.69) is 58.1 Å². The van der Waals surface area contributed by atoms with Crippen molar-refractivity contribution in [1.82, 2.24) is 70.9 Å². The number of hydrogen-bond donors (Lipinski definition) is 4.